The highest BCUT2D eigenvalue weighted by atomic mass is 16.5. The number of ether oxygens (including phenoxy) is 1. The van der Waals surface area contributed by atoms with E-state index in [1.165, 1.54) is 6.42 Å². The molecule has 1 amide bonds. The van der Waals surface area contributed by atoms with Crippen LogP contribution in [0.3, 0.4) is 0 Å². The summed E-state index contributed by atoms with van der Waals surface area (Å²) in [5.41, 5.74) is 4.44. The molecule has 2 aromatic rings. The van der Waals surface area contributed by atoms with Crippen molar-refractivity contribution in [2.45, 2.75) is 25.7 Å². The first-order valence-electron chi connectivity index (χ1n) is 10.3. The third-order valence-electron chi connectivity index (χ3n) is 6.31. The molecule has 2 heterocycles. The predicted octanol–water partition coefficient (Wildman–Crippen LogP) is 4.45. The standard InChI is InChI=1S/C24H30N2O2/c1-25(2)22-9-4-7-20(17-22)19-6-3-8-21(16-19)23(27)26-13-5-10-24(18-26)11-14-28-15-12-24/h3-4,6-9,16-17H,5,10-15,18H2,1-2H3. The van der Waals surface area contributed by atoms with Gasteiger partial charge in [0.1, 0.15) is 0 Å². The quantitative estimate of drug-likeness (QED) is 0.791. The molecule has 0 saturated carbocycles. The zero-order chi connectivity index (χ0) is 19.6. The average Bonchev–Trinajstić information content (AvgIpc) is 2.74. The zero-order valence-corrected chi connectivity index (χ0v) is 17.0. The predicted molar refractivity (Wildman–Crippen MR) is 114 cm³/mol. The number of anilines is 1. The average molecular weight is 379 g/mol. The smallest absolute Gasteiger partial charge is 0.253 e. The summed E-state index contributed by atoms with van der Waals surface area (Å²) in [6, 6.07) is 16.5. The Balaban J connectivity index is 1.55. The maximum absolute atomic E-state index is 13.3. The second kappa shape index (κ2) is 7.96. The lowest BCUT2D eigenvalue weighted by Gasteiger charge is -2.45. The molecule has 2 aliphatic heterocycles. The van der Waals surface area contributed by atoms with E-state index in [4.69, 9.17) is 4.74 Å². The van der Waals surface area contributed by atoms with Crippen molar-refractivity contribution in [3.05, 3.63) is 54.1 Å². The maximum atomic E-state index is 13.3. The van der Waals surface area contributed by atoms with Gasteiger partial charge in [-0.1, -0.05) is 24.3 Å². The van der Waals surface area contributed by atoms with Gasteiger partial charge in [0.05, 0.1) is 0 Å². The highest BCUT2D eigenvalue weighted by Crippen LogP contribution is 2.39. The molecule has 0 bridgehead atoms. The number of nitrogens with zero attached hydrogens (tertiary/aromatic N) is 2. The first-order chi connectivity index (χ1) is 13.6. The first kappa shape index (κ1) is 19.0. The fraction of sp³-hybridized carbons (Fsp3) is 0.458. The van der Waals surface area contributed by atoms with Gasteiger partial charge in [0, 0.05) is 51.6 Å². The number of carbonyl (C=O) groups excluding carboxylic acids is 1. The lowest BCUT2D eigenvalue weighted by Crippen LogP contribution is -2.48. The van der Waals surface area contributed by atoms with Crippen LogP contribution in [0.1, 0.15) is 36.0 Å². The van der Waals surface area contributed by atoms with E-state index in [1.807, 2.05) is 32.3 Å². The van der Waals surface area contributed by atoms with E-state index < -0.39 is 0 Å². The van der Waals surface area contributed by atoms with E-state index >= 15 is 0 Å². The topological polar surface area (TPSA) is 32.8 Å². The summed E-state index contributed by atoms with van der Waals surface area (Å²) in [4.78, 5) is 17.4. The van der Waals surface area contributed by atoms with E-state index in [9.17, 15) is 4.79 Å². The minimum atomic E-state index is 0.163. The van der Waals surface area contributed by atoms with Crippen molar-refractivity contribution >= 4 is 11.6 Å². The summed E-state index contributed by atoms with van der Waals surface area (Å²) in [5, 5.41) is 0. The Morgan fingerprint density at radius 1 is 1.00 bits per heavy atom. The number of piperidine rings is 1. The lowest BCUT2D eigenvalue weighted by molar-refractivity contribution is -0.0229. The molecule has 4 rings (SSSR count). The minimum Gasteiger partial charge on any atom is -0.381 e. The van der Waals surface area contributed by atoms with Crippen LogP contribution in [0, 0.1) is 5.41 Å². The number of amides is 1. The van der Waals surface area contributed by atoms with Gasteiger partial charge in [-0.05, 0) is 66.5 Å². The van der Waals surface area contributed by atoms with Crippen LogP contribution < -0.4 is 4.90 Å². The molecule has 0 radical (unpaired) electrons. The summed E-state index contributed by atoms with van der Waals surface area (Å²) >= 11 is 0. The molecule has 0 aromatic heterocycles. The number of carbonyl (C=O) groups is 1. The van der Waals surface area contributed by atoms with E-state index in [0.717, 1.165) is 67.9 Å². The molecule has 0 unspecified atom stereocenters. The molecule has 2 aliphatic rings. The fourth-order valence-electron chi connectivity index (χ4n) is 4.57. The Hall–Kier alpha value is -2.33. The fourth-order valence-corrected chi connectivity index (χ4v) is 4.57. The summed E-state index contributed by atoms with van der Waals surface area (Å²) in [5.74, 6) is 0.163. The van der Waals surface area contributed by atoms with Crippen LogP contribution in [0.5, 0.6) is 0 Å². The Morgan fingerprint density at radius 3 is 2.46 bits per heavy atom. The highest BCUT2D eigenvalue weighted by Gasteiger charge is 2.38. The molecule has 2 fully saturated rings. The van der Waals surface area contributed by atoms with Gasteiger partial charge in [0.25, 0.3) is 5.91 Å². The van der Waals surface area contributed by atoms with Crippen LogP contribution in [0.4, 0.5) is 5.69 Å². The van der Waals surface area contributed by atoms with Gasteiger partial charge >= 0.3 is 0 Å². The van der Waals surface area contributed by atoms with Gasteiger partial charge in [-0.3, -0.25) is 4.79 Å². The molecule has 4 heteroatoms. The van der Waals surface area contributed by atoms with Gasteiger partial charge in [0.15, 0.2) is 0 Å². The largest absolute Gasteiger partial charge is 0.381 e. The van der Waals surface area contributed by atoms with Crippen LogP contribution >= 0.6 is 0 Å². The van der Waals surface area contributed by atoms with Crippen molar-refractivity contribution in [3.63, 3.8) is 0 Å². The minimum absolute atomic E-state index is 0.163. The number of hydrogen-bond acceptors (Lipinski definition) is 3. The van der Waals surface area contributed by atoms with Crippen molar-refractivity contribution in [1.82, 2.24) is 4.90 Å². The van der Waals surface area contributed by atoms with Crippen LogP contribution in [-0.2, 0) is 4.74 Å². The van der Waals surface area contributed by atoms with Crippen molar-refractivity contribution in [3.8, 4) is 11.1 Å². The number of likely N-dealkylation sites (tertiary alicyclic amines) is 1. The highest BCUT2D eigenvalue weighted by molar-refractivity contribution is 5.95. The van der Waals surface area contributed by atoms with E-state index in [-0.39, 0.29) is 11.3 Å². The number of hydrogen-bond donors (Lipinski definition) is 0. The zero-order valence-electron chi connectivity index (χ0n) is 17.0. The Morgan fingerprint density at radius 2 is 1.71 bits per heavy atom. The van der Waals surface area contributed by atoms with Gasteiger partial charge < -0.3 is 14.5 Å². The molecule has 2 aromatic carbocycles. The van der Waals surface area contributed by atoms with Gasteiger partial charge in [-0.2, -0.15) is 0 Å². The Kier molecular flexibility index (Phi) is 5.40. The normalized spacial score (nSPS) is 18.9. The number of benzene rings is 2. The monoisotopic (exact) mass is 378 g/mol. The second-order valence-electron chi connectivity index (χ2n) is 8.47. The summed E-state index contributed by atoms with van der Waals surface area (Å²) in [6.45, 7) is 3.40. The molecule has 0 N–H and O–H groups in total. The molecule has 4 nitrogen and oxygen atoms in total. The molecule has 1 spiro atoms. The lowest BCUT2D eigenvalue weighted by atomic mass is 9.74. The van der Waals surface area contributed by atoms with Crippen molar-refractivity contribution in [2.24, 2.45) is 5.41 Å². The summed E-state index contributed by atoms with van der Waals surface area (Å²) in [6.07, 6.45) is 4.47. The van der Waals surface area contributed by atoms with Gasteiger partial charge in [-0.15, -0.1) is 0 Å². The second-order valence-corrected chi connectivity index (χ2v) is 8.47. The molecule has 28 heavy (non-hydrogen) atoms. The van der Waals surface area contributed by atoms with Crippen LogP contribution in [0.2, 0.25) is 0 Å². The molecule has 0 atom stereocenters. The Labute approximate surface area is 168 Å². The van der Waals surface area contributed by atoms with Gasteiger partial charge in [-0.25, -0.2) is 0 Å². The first-order valence-corrected chi connectivity index (χ1v) is 10.3. The van der Waals surface area contributed by atoms with Crippen molar-refractivity contribution in [1.29, 1.82) is 0 Å². The Bertz CT molecular complexity index is 834. The molecule has 148 valence electrons. The van der Waals surface area contributed by atoms with Gasteiger partial charge in [0.2, 0.25) is 0 Å². The molecule has 2 saturated heterocycles. The third-order valence-corrected chi connectivity index (χ3v) is 6.31. The van der Waals surface area contributed by atoms with Crippen LogP contribution in [0.15, 0.2) is 48.5 Å². The van der Waals surface area contributed by atoms with E-state index in [0.29, 0.717) is 0 Å². The summed E-state index contributed by atoms with van der Waals surface area (Å²) < 4.78 is 5.56. The van der Waals surface area contributed by atoms with E-state index in [2.05, 4.69) is 40.1 Å². The maximum Gasteiger partial charge on any atom is 0.253 e. The third kappa shape index (κ3) is 3.93. The number of rotatable bonds is 3. The van der Waals surface area contributed by atoms with Crippen molar-refractivity contribution in [2.75, 3.05) is 45.3 Å². The van der Waals surface area contributed by atoms with E-state index in [1.54, 1.807) is 0 Å². The molecule has 0 aliphatic carbocycles. The van der Waals surface area contributed by atoms with Crippen molar-refractivity contribution < 1.29 is 9.53 Å². The molecular weight excluding hydrogens is 348 g/mol. The summed E-state index contributed by atoms with van der Waals surface area (Å²) in [7, 11) is 4.09. The van der Waals surface area contributed by atoms with Crippen LogP contribution in [-0.4, -0.2) is 51.2 Å². The van der Waals surface area contributed by atoms with Crippen LogP contribution in [0.25, 0.3) is 11.1 Å². The molecular formula is C24H30N2O2. The SMILES string of the molecule is CN(C)c1cccc(-c2cccc(C(=O)N3CCCC4(CCOCC4)C3)c2)c1.